The molecular formula is C20H26N2O3. The number of aromatic amines is 1. The average Bonchev–Trinajstić information content (AvgIpc) is 2.58. The SMILES string of the molecule is CC[C@H](C)[C@@](C)(O)CNC(=O)c1ccc(-c2cccc(C)c2)[nH]c1=O. The van der Waals surface area contributed by atoms with Crippen molar-refractivity contribution in [1.29, 1.82) is 0 Å². The summed E-state index contributed by atoms with van der Waals surface area (Å²) >= 11 is 0. The number of hydrogen-bond acceptors (Lipinski definition) is 3. The minimum atomic E-state index is -1.02. The number of rotatable bonds is 6. The molecule has 5 nitrogen and oxygen atoms in total. The van der Waals surface area contributed by atoms with E-state index in [4.69, 9.17) is 0 Å². The molecule has 2 atom stereocenters. The fourth-order valence-corrected chi connectivity index (χ4v) is 2.60. The second-order valence-electron chi connectivity index (χ2n) is 6.83. The van der Waals surface area contributed by atoms with Gasteiger partial charge in [-0.25, -0.2) is 0 Å². The van der Waals surface area contributed by atoms with Gasteiger partial charge < -0.3 is 15.4 Å². The van der Waals surface area contributed by atoms with E-state index in [0.29, 0.717) is 5.69 Å². The number of carbonyl (C=O) groups excluding carboxylic acids is 1. The third kappa shape index (κ3) is 4.57. The van der Waals surface area contributed by atoms with E-state index in [0.717, 1.165) is 17.5 Å². The number of nitrogens with one attached hydrogen (secondary N) is 2. The van der Waals surface area contributed by atoms with E-state index in [-0.39, 0.29) is 18.0 Å². The zero-order valence-electron chi connectivity index (χ0n) is 15.2. The summed E-state index contributed by atoms with van der Waals surface area (Å²) in [6.07, 6.45) is 0.800. The van der Waals surface area contributed by atoms with Crippen molar-refractivity contribution in [3.8, 4) is 11.3 Å². The topological polar surface area (TPSA) is 82.2 Å². The number of carbonyl (C=O) groups is 1. The summed E-state index contributed by atoms with van der Waals surface area (Å²) < 4.78 is 0. The zero-order valence-corrected chi connectivity index (χ0v) is 15.2. The van der Waals surface area contributed by atoms with Crippen molar-refractivity contribution < 1.29 is 9.90 Å². The average molecular weight is 342 g/mol. The van der Waals surface area contributed by atoms with Crippen LogP contribution >= 0.6 is 0 Å². The highest BCUT2D eigenvalue weighted by Crippen LogP contribution is 2.19. The van der Waals surface area contributed by atoms with Crippen molar-refractivity contribution in [2.24, 2.45) is 5.92 Å². The van der Waals surface area contributed by atoms with Gasteiger partial charge in [0.15, 0.2) is 0 Å². The minimum absolute atomic E-state index is 0.0368. The normalized spacial score (nSPS) is 14.6. The molecule has 25 heavy (non-hydrogen) atoms. The number of aromatic nitrogens is 1. The van der Waals surface area contributed by atoms with E-state index in [1.807, 2.05) is 45.0 Å². The molecule has 1 aromatic carbocycles. The van der Waals surface area contributed by atoms with E-state index in [1.54, 1.807) is 13.0 Å². The van der Waals surface area contributed by atoms with Crippen LogP contribution < -0.4 is 10.9 Å². The van der Waals surface area contributed by atoms with Crippen molar-refractivity contribution in [1.82, 2.24) is 10.3 Å². The first kappa shape index (κ1) is 18.9. The molecule has 0 saturated carbocycles. The molecule has 2 aromatic rings. The third-order valence-corrected chi connectivity index (χ3v) is 4.76. The first-order valence-corrected chi connectivity index (χ1v) is 8.55. The number of H-pyrrole nitrogens is 1. The Labute approximate surface area is 148 Å². The van der Waals surface area contributed by atoms with E-state index in [2.05, 4.69) is 10.3 Å². The molecule has 5 heteroatoms. The Morgan fingerprint density at radius 1 is 1.32 bits per heavy atom. The van der Waals surface area contributed by atoms with Gasteiger partial charge in [-0.05, 0) is 43.5 Å². The summed E-state index contributed by atoms with van der Waals surface area (Å²) in [5, 5.41) is 13.0. The molecule has 0 spiro atoms. The Bertz CT molecular complexity index is 809. The maximum Gasteiger partial charge on any atom is 0.261 e. The van der Waals surface area contributed by atoms with Crippen LogP contribution in [0.1, 0.15) is 43.1 Å². The van der Waals surface area contributed by atoms with Gasteiger partial charge in [-0.2, -0.15) is 0 Å². The molecule has 0 saturated heterocycles. The molecule has 0 aliphatic rings. The van der Waals surface area contributed by atoms with Gasteiger partial charge in [0, 0.05) is 12.2 Å². The molecule has 0 bridgehead atoms. The summed E-state index contributed by atoms with van der Waals surface area (Å²) in [4.78, 5) is 27.3. The van der Waals surface area contributed by atoms with Gasteiger partial charge in [-0.3, -0.25) is 9.59 Å². The predicted molar refractivity (Wildman–Crippen MR) is 99.6 cm³/mol. The zero-order chi connectivity index (χ0) is 18.6. The number of hydrogen-bond donors (Lipinski definition) is 3. The van der Waals surface area contributed by atoms with Crippen LogP contribution in [0, 0.1) is 12.8 Å². The van der Waals surface area contributed by atoms with Crippen LogP contribution in [0.3, 0.4) is 0 Å². The molecule has 3 N–H and O–H groups in total. The summed E-state index contributed by atoms with van der Waals surface area (Å²) in [6.45, 7) is 7.67. The molecule has 2 rings (SSSR count). The highest BCUT2D eigenvalue weighted by Gasteiger charge is 2.27. The fourth-order valence-electron chi connectivity index (χ4n) is 2.60. The van der Waals surface area contributed by atoms with E-state index >= 15 is 0 Å². The standard InChI is InChI=1S/C20H26N2O3/c1-5-14(3)20(4,25)12-21-18(23)16-9-10-17(22-19(16)24)15-8-6-7-13(2)11-15/h6-11,14,25H,5,12H2,1-4H3,(H,21,23)(H,22,24)/t14-,20-/m0/s1. The van der Waals surface area contributed by atoms with Crippen LogP contribution in [-0.4, -0.2) is 28.1 Å². The monoisotopic (exact) mass is 342 g/mol. The molecule has 0 aliphatic carbocycles. The Morgan fingerprint density at radius 3 is 2.64 bits per heavy atom. The number of benzene rings is 1. The summed E-state index contributed by atoms with van der Waals surface area (Å²) in [7, 11) is 0. The van der Waals surface area contributed by atoms with Crippen molar-refractivity contribution >= 4 is 5.91 Å². The Kier molecular flexibility index (Phi) is 5.80. The van der Waals surface area contributed by atoms with Crippen LogP contribution in [0.2, 0.25) is 0 Å². The quantitative estimate of drug-likeness (QED) is 0.755. The second kappa shape index (κ2) is 7.66. The molecule has 1 aromatic heterocycles. The van der Waals surface area contributed by atoms with Gasteiger partial charge in [0.05, 0.1) is 5.60 Å². The van der Waals surface area contributed by atoms with Crippen molar-refractivity contribution in [3.63, 3.8) is 0 Å². The maximum atomic E-state index is 12.3. The van der Waals surface area contributed by atoms with Crippen LogP contribution in [0.25, 0.3) is 11.3 Å². The van der Waals surface area contributed by atoms with E-state index < -0.39 is 17.1 Å². The number of pyridine rings is 1. The summed E-state index contributed by atoms with van der Waals surface area (Å²) in [5.41, 5.74) is 1.22. The molecular weight excluding hydrogens is 316 g/mol. The number of aryl methyl sites for hydroxylation is 1. The van der Waals surface area contributed by atoms with Gasteiger partial charge in [0.2, 0.25) is 0 Å². The first-order valence-electron chi connectivity index (χ1n) is 8.55. The van der Waals surface area contributed by atoms with E-state index in [9.17, 15) is 14.7 Å². The Hall–Kier alpha value is -2.40. The third-order valence-electron chi connectivity index (χ3n) is 4.76. The van der Waals surface area contributed by atoms with Crippen LogP contribution in [-0.2, 0) is 0 Å². The molecule has 134 valence electrons. The number of amides is 1. The van der Waals surface area contributed by atoms with Gasteiger partial charge >= 0.3 is 0 Å². The summed E-state index contributed by atoms with van der Waals surface area (Å²) in [5.74, 6) is -0.449. The van der Waals surface area contributed by atoms with Crippen LogP contribution in [0.15, 0.2) is 41.2 Å². The maximum absolute atomic E-state index is 12.3. The van der Waals surface area contributed by atoms with Gasteiger partial charge in [0.1, 0.15) is 5.56 Å². The minimum Gasteiger partial charge on any atom is -0.388 e. The highest BCUT2D eigenvalue weighted by molar-refractivity contribution is 5.94. The molecule has 1 amide bonds. The van der Waals surface area contributed by atoms with Crippen molar-refractivity contribution in [3.05, 3.63) is 57.9 Å². The lowest BCUT2D eigenvalue weighted by Crippen LogP contribution is -2.45. The predicted octanol–water partition coefficient (Wildman–Crippen LogP) is 2.88. The van der Waals surface area contributed by atoms with Crippen molar-refractivity contribution in [2.45, 2.75) is 39.7 Å². The first-order chi connectivity index (χ1) is 11.7. The lowest BCUT2D eigenvalue weighted by molar-refractivity contribution is 0.00591. The number of aliphatic hydroxyl groups is 1. The van der Waals surface area contributed by atoms with Crippen LogP contribution in [0.4, 0.5) is 0 Å². The van der Waals surface area contributed by atoms with E-state index in [1.165, 1.54) is 6.07 Å². The Morgan fingerprint density at radius 2 is 2.04 bits per heavy atom. The smallest absolute Gasteiger partial charge is 0.261 e. The van der Waals surface area contributed by atoms with Crippen molar-refractivity contribution in [2.75, 3.05) is 6.54 Å². The second-order valence-corrected chi connectivity index (χ2v) is 6.83. The lowest BCUT2D eigenvalue weighted by Gasteiger charge is -2.29. The molecule has 0 aliphatic heterocycles. The Balaban J connectivity index is 2.15. The lowest BCUT2D eigenvalue weighted by atomic mass is 9.88. The molecule has 0 unspecified atom stereocenters. The highest BCUT2D eigenvalue weighted by atomic mass is 16.3. The van der Waals surface area contributed by atoms with Gasteiger partial charge in [-0.1, -0.05) is 44.0 Å². The molecule has 0 radical (unpaired) electrons. The van der Waals surface area contributed by atoms with Crippen LogP contribution in [0.5, 0.6) is 0 Å². The fraction of sp³-hybridized carbons (Fsp3) is 0.400. The summed E-state index contributed by atoms with van der Waals surface area (Å²) in [6, 6.07) is 11.0. The largest absolute Gasteiger partial charge is 0.388 e. The molecule has 1 heterocycles. The van der Waals surface area contributed by atoms with Gasteiger partial charge in [0.25, 0.3) is 11.5 Å². The molecule has 0 fully saturated rings. The van der Waals surface area contributed by atoms with Gasteiger partial charge in [-0.15, -0.1) is 0 Å².